The van der Waals surface area contributed by atoms with Crippen molar-refractivity contribution < 1.29 is 0 Å². The highest BCUT2D eigenvalue weighted by molar-refractivity contribution is 5.79. The third-order valence-electron chi connectivity index (χ3n) is 5.63. The van der Waals surface area contributed by atoms with Crippen molar-refractivity contribution in [3.8, 4) is 0 Å². The molecule has 1 aromatic heterocycles. The van der Waals surface area contributed by atoms with E-state index in [1.165, 1.54) is 34.4 Å². The summed E-state index contributed by atoms with van der Waals surface area (Å²) in [6.07, 6.45) is 6.18. The van der Waals surface area contributed by atoms with E-state index in [0.717, 1.165) is 32.0 Å². The standard InChI is InChI=1S/C24H30N6/c1-25-24(26-16-19-10-11-23-20(15-19)9-5-13-29(23)2)27-17-21-7-3-4-8-22(21)18-30-14-6-12-28-30/h3-4,6-8,10-12,14-15H,5,9,13,16-18H2,1-2H3,(H2,25,26,27). The molecule has 156 valence electrons. The topological polar surface area (TPSA) is 57.5 Å². The van der Waals surface area contributed by atoms with Crippen LogP contribution in [0.25, 0.3) is 0 Å². The van der Waals surface area contributed by atoms with Crippen LogP contribution < -0.4 is 15.5 Å². The smallest absolute Gasteiger partial charge is 0.191 e. The number of hydrogen-bond donors (Lipinski definition) is 2. The maximum Gasteiger partial charge on any atom is 0.191 e. The molecule has 6 nitrogen and oxygen atoms in total. The second-order valence-corrected chi connectivity index (χ2v) is 7.74. The van der Waals surface area contributed by atoms with Gasteiger partial charge in [-0.15, -0.1) is 0 Å². The normalized spacial score (nSPS) is 13.8. The molecule has 0 aliphatic carbocycles. The molecule has 0 atom stereocenters. The molecule has 2 aromatic carbocycles. The van der Waals surface area contributed by atoms with Crippen molar-refractivity contribution in [2.45, 2.75) is 32.5 Å². The van der Waals surface area contributed by atoms with E-state index in [1.807, 2.05) is 30.2 Å². The largest absolute Gasteiger partial charge is 0.374 e. The maximum atomic E-state index is 4.39. The number of nitrogens with zero attached hydrogens (tertiary/aromatic N) is 4. The van der Waals surface area contributed by atoms with Crippen LogP contribution in [0.2, 0.25) is 0 Å². The average molecular weight is 403 g/mol. The van der Waals surface area contributed by atoms with Gasteiger partial charge in [-0.05, 0) is 47.2 Å². The van der Waals surface area contributed by atoms with E-state index in [2.05, 4.69) is 75.1 Å². The van der Waals surface area contributed by atoms with Gasteiger partial charge in [-0.25, -0.2) is 0 Å². The Morgan fingerprint density at radius 2 is 1.90 bits per heavy atom. The van der Waals surface area contributed by atoms with E-state index < -0.39 is 0 Å². The lowest BCUT2D eigenvalue weighted by molar-refractivity contribution is 0.677. The highest BCUT2D eigenvalue weighted by Crippen LogP contribution is 2.26. The number of nitrogens with one attached hydrogen (secondary N) is 2. The molecular weight excluding hydrogens is 372 g/mol. The predicted octanol–water partition coefficient (Wildman–Crippen LogP) is 3.18. The van der Waals surface area contributed by atoms with Crippen LogP contribution in [0.3, 0.4) is 0 Å². The molecule has 0 saturated heterocycles. The van der Waals surface area contributed by atoms with Gasteiger partial charge < -0.3 is 15.5 Å². The van der Waals surface area contributed by atoms with Gasteiger partial charge in [0.2, 0.25) is 0 Å². The molecular formula is C24H30N6. The summed E-state index contributed by atoms with van der Waals surface area (Å²) < 4.78 is 1.94. The van der Waals surface area contributed by atoms with Gasteiger partial charge in [0.15, 0.2) is 5.96 Å². The molecule has 0 unspecified atom stereocenters. The molecule has 3 aromatic rings. The summed E-state index contributed by atoms with van der Waals surface area (Å²) in [7, 11) is 3.98. The van der Waals surface area contributed by atoms with Crippen molar-refractivity contribution in [1.82, 2.24) is 20.4 Å². The Morgan fingerprint density at radius 3 is 2.70 bits per heavy atom. The van der Waals surface area contributed by atoms with Crippen molar-refractivity contribution in [1.29, 1.82) is 0 Å². The van der Waals surface area contributed by atoms with Crippen molar-refractivity contribution in [3.63, 3.8) is 0 Å². The molecule has 1 aliphatic heterocycles. The molecule has 6 heteroatoms. The van der Waals surface area contributed by atoms with Crippen LogP contribution in [0, 0.1) is 0 Å². The highest BCUT2D eigenvalue weighted by atomic mass is 15.3. The molecule has 2 N–H and O–H groups in total. The van der Waals surface area contributed by atoms with Crippen LogP contribution in [-0.2, 0) is 26.1 Å². The Labute approximate surface area is 178 Å². The predicted molar refractivity (Wildman–Crippen MR) is 123 cm³/mol. The highest BCUT2D eigenvalue weighted by Gasteiger charge is 2.13. The summed E-state index contributed by atoms with van der Waals surface area (Å²) in [4.78, 5) is 6.74. The minimum Gasteiger partial charge on any atom is -0.374 e. The number of anilines is 1. The Balaban J connectivity index is 1.35. The van der Waals surface area contributed by atoms with Crippen LogP contribution in [-0.4, -0.2) is 36.4 Å². The molecule has 30 heavy (non-hydrogen) atoms. The number of hydrogen-bond acceptors (Lipinski definition) is 3. The molecule has 0 spiro atoms. The molecule has 4 rings (SSSR count). The van der Waals surface area contributed by atoms with Crippen LogP contribution >= 0.6 is 0 Å². The maximum absolute atomic E-state index is 4.39. The summed E-state index contributed by atoms with van der Waals surface area (Å²) in [5, 5.41) is 11.2. The van der Waals surface area contributed by atoms with Crippen LogP contribution in [0.1, 0.15) is 28.7 Å². The molecule has 2 heterocycles. The first kappa shape index (κ1) is 20.0. The van der Waals surface area contributed by atoms with Crippen LogP contribution in [0.15, 0.2) is 65.9 Å². The zero-order valence-electron chi connectivity index (χ0n) is 17.8. The fraction of sp³-hybridized carbons (Fsp3) is 0.333. The van der Waals surface area contributed by atoms with Gasteiger partial charge >= 0.3 is 0 Å². The molecule has 1 aliphatic rings. The van der Waals surface area contributed by atoms with Gasteiger partial charge in [0.25, 0.3) is 0 Å². The molecule has 0 fully saturated rings. The summed E-state index contributed by atoms with van der Waals surface area (Å²) in [5.41, 5.74) is 6.58. The summed E-state index contributed by atoms with van der Waals surface area (Å²) >= 11 is 0. The van der Waals surface area contributed by atoms with E-state index in [9.17, 15) is 0 Å². The number of aliphatic imine (C=N–C) groups is 1. The number of aromatic nitrogens is 2. The molecule has 0 saturated carbocycles. The summed E-state index contributed by atoms with van der Waals surface area (Å²) in [6, 6.07) is 17.2. The van der Waals surface area contributed by atoms with Gasteiger partial charge in [0.05, 0.1) is 6.54 Å². The van der Waals surface area contributed by atoms with E-state index in [0.29, 0.717) is 6.54 Å². The molecule has 0 radical (unpaired) electrons. The lowest BCUT2D eigenvalue weighted by Crippen LogP contribution is -2.36. The van der Waals surface area contributed by atoms with Crippen LogP contribution in [0.5, 0.6) is 0 Å². The second-order valence-electron chi connectivity index (χ2n) is 7.74. The Kier molecular flexibility index (Phi) is 6.32. The number of guanidine groups is 1. The number of benzene rings is 2. The van der Waals surface area contributed by atoms with Crippen molar-refractivity contribution >= 4 is 11.6 Å². The van der Waals surface area contributed by atoms with Crippen molar-refractivity contribution in [2.75, 3.05) is 25.5 Å². The Bertz CT molecular complexity index is 993. The van der Waals surface area contributed by atoms with Gasteiger partial charge in [0.1, 0.15) is 0 Å². The fourth-order valence-electron chi connectivity index (χ4n) is 3.99. The third-order valence-corrected chi connectivity index (χ3v) is 5.63. The number of aryl methyl sites for hydroxylation is 1. The zero-order chi connectivity index (χ0) is 20.8. The van der Waals surface area contributed by atoms with Gasteiger partial charge in [-0.3, -0.25) is 9.67 Å². The average Bonchev–Trinajstić information content (AvgIpc) is 3.28. The monoisotopic (exact) mass is 402 g/mol. The van der Waals surface area contributed by atoms with E-state index in [-0.39, 0.29) is 0 Å². The first-order valence-electron chi connectivity index (χ1n) is 10.5. The third kappa shape index (κ3) is 4.82. The van der Waals surface area contributed by atoms with Crippen molar-refractivity contribution in [2.24, 2.45) is 4.99 Å². The minimum absolute atomic E-state index is 0.714. The van der Waals surface area contributed by atoms with Crippen LogP contribution in [0.4, 0.5) is 5.69 Å². The van der Waals surface area contributed by atoms with E-state index in [4.69, 9.17) is 0 Å². The van der Waals surface area contributed by atoms with Gasteiger partial charge in [0, 0.05) is 51.8 Å². The first-order valence-corrected chi connectivity index (χ1v) is 10.5. The number of rotatable bonds is 6. The zero-order valence-corrected chi connectivity index (χ0v) is 17.8. The Hall–Kier alpha value is -3.28. The lowest BCUT2D eigenvalue weighted by Gasteiger charge is -2.28. The summed E-state index contributed by atoms with van der Waals surface area (Å²) in [6.45, 7) is 3.38. The lowest BCUT2D eigenvalue weighted by atomic mass is 9.99. The second kappa shape index (κ2) is 9.48. The summed E-state index contributed by atoms with van der Waals surface area (Å²) in [5.74, 6) is 0.804. The van der Waals surface area contributed by atoms with Gasteiger partial charge in [-0.1, -0.05) is 36.4 Å². The van der Waals surface area contributed by atoms with Gasteiger partial charge in [-0.2, -0.15) is 5.10 Å². The van der Waals surface area contributed by atoms with Crippen molar-refractivity contribution in [3.05, 3.63) is 83.2 Å². The minimum atomic E-state index is 0.714. The molecule has 0 bridgehead atoms. The SMILES string of the molecule is CN=C(NCc1ccc2c(c1)CCCN2C)NCc1ccccc1Cn1cccn1. The number of fused-ring (bicyclic) bond motifs is 1. The van der Waals surface area contributed by atoms with E-state index >= 15 is 0 Å². The Morgan fingerprint density at radius 1 is 1.07 bits per heavy atom. The first-order chi connectivity index (χ1) is 14.7. The molecule has 0 amide bonds. The van der Waals surface area contributed by atoms with E-state index in [1.54, 1.807) is 0 Å². The quantitative estimate of drug-likeness (QED) is 0.491. The fourth-order valence-corrected chi connectivity index (χ4v) is 3.99.